The van der Waals surface area contributed by atoms with Crippen molar-refractivity contribution in [3.8, 4) is 0 Å². The summed E-state index contributed by atoms with van der Waals surface area (Å²) in [5.74, 6) is 0.899. The first-order valence-corrected chi connectivity index (χ1v) is 8.16. The molecule has 0 radical (unpaired) electrons. The summed E-state index contributed by atoms with van der Waals surface area (Å²) >= 11 is 1.77. The molecule has 5 nitrogen and oxygen atoms in total. The molecule has 0 amide bonds. The molecule has 2 bridgehead atoms. The van der Waals surface area contributed by atoms with E-state index < -0.39 is 0 Å². The molecule has 0 spiro atoms. The molecule has 1 atom stereocenters. The van der Waals surface area contributed by atoms with Crippen molar-refractivity contribution in [3.63, 3.8) is 0 Å². The average molecular weight is 421 g/mol. The van der Waals surface area contributed by atoms with Gasteiger partial charge in [0.2, 0.25) is 0 Å². The Morgan fingerprint density at radius 3 is 2.71 bits per heavy atom. The molecule has 1 unspecified atom stereocenters. The zero-order valence-electron chi connectivity index (χ0n) is 12.4. The fourth-order valence-electron chi connectivity index (χ4n) is 2.94. The quantitative estimate of drug-likeness (QED) is 0.433. The van der Waals surface area contributed by atoms with Crippen molar-refractivity contribution >= 4 is 41.3 Å². The highest BCUT2D eigenvalue weighted by Gasteiger charge is 2.31. The van der Waals surface area contributed by atoms with Crippen LogP contribution in [0.4, 0.5) is 0 Å². The van der Waals surface area contributed by atoms with E-state index in [0.29, 0.717) is 6.04 Å². The summed E-state index contributed by atoms with van der Waals surface area (Å²) in [6.45, 7) is 7.91. The second kappa shape index (κ2) is 8.30. The van der Waals surface area contributed by atoms with Gasteiger partial charge in [-0.05, 0) is 11.4 Å². The maximum atomic E-state index is 4.30. The van der Waals surface area contributed by atoms with Gasteiger partial charge in [0.15, 0.2) is 5.96 Å². The minimum absolute atomic E-state index is 0. The van der Waals surface area contributed by atoms with E-state index in [4.69, 9.17) is 0 Å². The van der Waals surface area contributed by atoms with Crippen LogP contribution in [0.2, 0.25) is 0 Å². The van der Waals surface area contributed by atoms with Gasteiger partial charge < -0.3 is 10.6 Å². The highest BCUT2D eigenvalue weighted by Crippen LogP contribution is 2.14. The summed E-state index contributed by atoms with van der Waals surface area (Å²) in [5.41, 5.74) is 0. The zero-order valence-corrected chi connectivity index (χ0v) is 15.6. The number of nitrogens with one attached hydrogen (secondary N) is 2. The van der Waals surface area contributed by atoms with Gasteiger partial charge in [0.25, 0.3) is 0 Å². The molecule has 118 valence electrons. The fraction of sp³-hybridized carbons (Fsp3) is 0.643. The second-order valence-electron chi connectivity index (χ2n) is 5.38. The highest BCUT2D eigenvalue weighted by molar-refractivity contribution is 14.0. The topological polar surface area (TPSA) is 42.9 Å². The Hall–Kier alpha value is -0.380. The van der Waals surface area contributed by atoms with E-state index in [9.17, 15) is 0 Å². The number of guanidine groups is 1. The molecule has 7 heteroatoms. The first-order chi connectivity index (χ1) is 9.85. The summed E-state index contributed by atoms with van der Waals surface area (Å²) in [5, 5.41) is 8.94. The molecule has 3 aliphatic rings. The lowest BCUT2D eigenvalue weighted by atomic mass is 10.1. The van der Waals surface area contributed by atoms with Crippen LogP contribution < -0.4 is 10.6 Å². The van der Waals surface area contributed by atoms with Crippen LogP contribution in [0.5, 0.6) is 0 Å². The average Bonchev–Trinajstić information content (AvgIpc) is 3.02. The lowest BCUT2D eigenvalue weighted by molar-refractivity contribution is 0.0154. The highest BCUT2D eigenvalue weighted by atomic mass is 127. The number of aliphatic imine (C=N–C) groups is 1. The number of piperazine rings is 3. The molecule has 0 saturated carbocycles. The van der Waals surface area contributed by atoms with Gasteiger partial charge in [-0.2, -0.15) is 0 Å². The predicted octanol–water partition coefficient (Wildman–Crippen LogP) is 1.03. The third-order valence-corrected chi connectivity index (χ3v) is 5.01. The van der Waals surface area contributed by atoms with Crippen molar-refractivity contribution < 1.29 is 0 Å². The molecule has 3 aliphatic heterocycles. The Bertz CT molecular complexity index is 442. The summed E-state index contributed by atoms with van der Waals surface area (Å²) in [6, 6.07) is 4.85. The van der Waals surface area contributed by atoms with Gasteiger partial charge in [-0.3, -0.25) is 14.8 Å². The van der Waals surface area contributed by atoms with Crippen molar-refractivity contribution in [1.29, 1.82) is 0 Å². The molecular formula is C14H24IN5S. The molecule has 2 N–H and O–H groups in total. The van der Waals surface area contributed by atoms with Crippen LogP contribution in [-0.2, 0) is 6.54 Å². The van der Waals surface area contributed by atoms with E-state index in [-0.39, 0.29) is 24.0 Å². The Balaban J connectivity index is 0.00000161. The van der Waals surface area contributed by atoms with Gasteiger partial charge in [0.05, 0.1) is 6.54 Å². The molecule has 4 rings (SSSR count). The molecule has 21 heavy (non-hydrogen) atoms. The second-order valence-corrected chi connectivity index (χ2v) is 6.41. The van der Waals surface area contributed by atoms with Crippen LogP contribution in [0.25, 0.3) is 0 Å². The summed E-state index contributed by atoms with van der Waals surface area (Å²) in [6.07, 6.45) is 0. The van der Waals surface area contributed by atoms with E-state index in [1.165, 1.54) is 37.6 Å². The summed E-state index contributed by atoms with van der Waals surface area (Å²) in [4.78, 5) is 10.8. The number of rotatable bonds is 4. The van der Waals surface area contributed by atoms with Crippen LogP contribution >= 0.6 is 35.3 Å². The van der Waals surface area contributed by atoms with Gasteiger partial charge in [0.1, 0.15) is 0 Å². The molecule has 4 heterocycles. The molecule has 0 aromatic carbocycles. The number of hydrogen-bond acceptors (Lipinski definition) is 4. The lowest BCUT2D eigenvalue weighted by Crippen LogP contribution is -2.63. The van der Waals surface area contributed by atoms with Crippen LogP contribution in [0.15, 0.2) is 22.5 Å². The predicted molar refractivity (Wildman–Crippen MR) is 99.7 cm³/mol. The monoisotopic (exact) mass is 421 g/mol. The number of halogens is 1. The van der Waals surface area contributed by atoms with Crippen LogP contribution in [0.3, 0.4) is 0 Å². The van der Waals surface area contributed by atoms with E-state index in [2.05, 4.69) is 42.9 Å². The molecule has 3 saturated heterocycles. The molecule has 1 aromatic rings. The fourth-order valence-corrected chi connectivity index (χ4v) is 3.58. The van der Waals surface area contributed by atoms with Crippen molar-refractivity contribution in [2.75, 3.05) is 46.3 Å². The molecule has 3 fully saturated rings. The van der Waals surface area contributed by atoms with E-state index >= 15 is 0 Å². The first-order valence-electron chi connectivity index (χ1n) is 7.28. The SMILES string of the molecule is CN=C(NCc1cccs1)NCC1CN2CCN1CC2.I. The van der Waals surface area contributed by atoms with Gasteiger partial charge >= 0.3 is 0 Å². The standard InChI is InChI=1S/C14H23N5S.HI/c1-15-14(17-10-13-3-2-8-20-13)16-9-12-11-18-4-6-19(12)7-5-18;/h2-3,8,12H,4-7,9-11H2,1H3,(H2,15,16,17);1H. The third kappa shape index (κ3) is 4.54. The van der Waals surface area contributed by atoms with Gasteiger partial charge in [-0.25, -0.2) is 0 Å². The maximum Gasteiger partial charge on any atom is 0.191 e. The van der Waals surface area contributed by atoms with Crippen LogP contribution in [0, 0.1) is 0 Å². The minimum Gasteiger partial charge on any atom is -0.355 e. The van der Waals surface area contributed by atoms with E-state index in [1.54, 1.807) is 11.3 Å². The smallest absolute Gasteiger partial charge is 0.191 e. The number of thiophene rings is 1. The van der Waals surface area contributed by atoms with Gasteiger partial charge in [0, 0.05) is 57.2 Å². The normalized spacial score (nSPS) is 28.0. The first kappa shape index (κ1) is 17.0. The third-order valence-electron chi connectivity index (χ3n) is 4.13. The van der Waals surface area contributed by atoms with E-state index in [1.807, 2.05) is 7.05 Å². The minimum atomic E-state index is 0. The van der Waals surface area contributed by atoms with Crippen LogP contribution in [0.1, 0.15) is 4.88 Å². The Morgan fingerprint density at radius 1 is 1.33 bits per heavy atom. The van der Waals surface area contributed by atoms with Crippen molar-refractivity contribution in [3.05, 3.63) is 22.4 Å². The summed E-state index contributed by atoms with van der Waals surface area (Å²) < 4.78 is 0. The van der Waals surface area contributed by atoms with Gasteiger partial charge in [-0.15, -0.1) is 35.3 Å². The van der Waals surface area contributed by atoms with Crippen molar-refractivity contribution in [1.82, 2.24) is 20.4 Å². The lowest BCUT2D eigenvalue weighted by Gasteiger charge is -2.47. The maximum absolute atomic E-state index is 4.30. The Labute approximate surface area is 147 Å². The van der Waals surface area contributed by atoms with Crippen LogP contribution in [-0.4, -0.2) is 68.1 Å². The molecular weight excluding hydrogens is 397 g/mol. The zero-order chi connectivity index (χ0) is 13.8. The molecule has 1 aromatic heterocycles. The van der Waals surface area contributed by atoms with Crippen molar-refractivity contribution in [2.45, 2.75) is 12.6 Å². The Morgan fingerprint density at radius 2 is 2.14 bits per heavy atom. The number of nitrogens with zero attached hydrogens (tertiary/aromatic N) is 3. The van der Waals surface area contributed by atoms with Crippen molar-refractivity contribution in [2.24, 2.45) is 4.99 Å². The Kier molecular flexibility index (Phi) is 6.72. The summed E-state index contributed by atoms with van der Waals surface area (Å²) in [7, 11) is 1.83. The van der Waals surface area contributed by atoms with Gasteiger partial charge in [-0.1, -0.05) is 6.07 Å². The largest absolute Gasteiger partial charge is 0.355 e. The molecule has 0 aliphatic carbocycles. The number of hydrogen-bond donors (Lipinski definition) is 2. The van der Waals surface area contributed by atoms with E-state index in [0.717, 1.165) is 19.0 Å². The number of fused-ring (bicyclic) bond motifs is 3.